The van der Waals surface area contributed by atoms with E-state index in [2.05, 4.69) is 84.7 Å². The van der Waals surface area contributed by atoms with Crippen molar-refractivity contribution in [3.63, 3.8) is 0 Å². The Balaban J connectivity index is 1.44. The molecule has 12 nitrogen and oxygen atoms in total. The maximum atomic E-state index is 4.57. The van der Waals surface area contributed by atoms with Crippen LogP contribution in [0.15, 0.2) is 122 Å². The summed E-state index contributed by atoms with van der Waals surface area (Å²) in [4.78, 5) is 8.72. The summed E-state index contributed by atoms with van der Waals surface area (Å²) in [5, 5.41) is 35.3. The Morgan fingerprint density at radius 2 is 0.595 bits per heavy atom. The van der Waals surface area contributed by atoms with Crippen molar-refractivity contribution in [1.82, 2.24) is 40.8 Å². The molecule has 0 amide bonds. The lowest BCUT2D eigenvalue weighted by atomic mass is 10.2. The molecule has 0 radical (unpaired) electrons. The van der Waals surface area contributed by atoms with Crippen molar-refractivity contribution in [2.75, 3.05) is 19.6 Å². The van der Waals surface area contributed by atoms with Gasteiger partial charge in [-0.25, -0.2) is 0 Å². The average molecular weight is 551 g/mol. The van der Waals surface area contributed by atoms with E-state index in [0.29, 0.717) is 23.3 Å². The van der Waals surface area contributed by atoms with Crippen LogP contribution in [0.25, 0.3) is 0 Å². The van der Waals surface area contributed by atoms with E-state index in [-0.39, 0.29) is 0 Å². The van der Waals surface area contributed by atoms with E-state index in [1.54, 1.807) is 24.8 Å². The molecule has 0 unspecified atom stereocenters. The molecule has 0 saturated carbocycles. The van der Waals surface area contributed by atoms with Crippen molar-refractivity contribution in [3.8, 4) is 0 Å². The molecule has 12 heteroatoms. The average Bonchev–Trinajstić information content (AvgIpc) is 3.59. The Labute approximate surface area is 240 Å². The molecular formula is C30H22N12. The molecule has 6 aromatic rings. The molecule has 6 heterocycles. The number of hydrogen-bond donors (Lipinski definition) is 0. The minimum Gasteiger partial charge on any atom is -0.297 e. The van der Waals surface area contributed by atoms with Gasteiger partial charge in [-0.05, 0) is 72.8 Å². The molecule has 42 heavy (non-hydrogen) atoms. The molecule has 2 aliphatic heterocycles. The molecule has 0 N–H and O–H groups in total. The maximum absolute atomic E-state index is 4.57. The number of para-hydroxylation sites is 4. The van der Waals surface area contributed by atoms with Gasteiger partial charge in [-0.1, -0.05) is 24.3 Å². The molecule has 0 fully saturated rings. The summed E-state index contributed by atoms with van der Waals surface area (Å²) in [6.45, 7) is 0. The van der Waals surface area contributed by atoms with Crippen LogP contribution < -0.4 is 19.6 Å². The lowest BCUT2D eigenvalue weighted by Crippen LogP contribution is -2.58. The van der Waals surface area contributed by atoms with Crippen molar-refractivity contribution in [1.29, 1.82) is 0 Å². The fourth-order valence-corrected chi connectivity index (χ4v) is 5.80. The minimum atomic E-state index is -0.466. The summed E-state index contributed by atoms with van der Waals surface area (Å²) in [6.07, 6.45) is 5.75. The number of anilines is 8. The molecule has 2 aliphatic rings. The van der Waals surface area contributed by atoms with Gasteiger partial charge in [-0.15, -0.1) is 20.4 Å². The predicted octanol–water partition coefficient (Wildman–Crippen LogP) is 4.78. The van der Waals surface area contributed by atoms with Gasteiger partial charge in [0.2, 0.25) is 0 Å². The second-order valence-corrected chi connectivity index (χ2v) is 9.61. The van der Waals surface area contributed by atoms with Gasteiger partial charge in [0, 0.05) is 24.8 Å². The highest BCUT2D eigenvalue weighted by Crippen LogP contribution is 2.54. The normalized spacial score (nSPS) is 14.8. The first-order chi connectivity index (χ1) is 20.9. The molecule has 0 saturated heterocycles. The SMILES string of the molecule is c1cnnc(N2c3ccccc3N(c3cccnn3)C2C2N(c3cccnn3)c3ccccc3N2c2cccnn2)c1. The summed E-state index contributed by atoms with van der Waals surface area (Å²) in [5.74, 6) is 2.71. The fourth-order valence-electron chi connectivity index (χ4n) is 5.80. The van der Waals surface area contributed by atoms with Gasteiger partial charge in [0.05, 0.1) is 22.7 Å². The van der Waals surface area contributed by atoms with Crippen molar-refractivity contribution >= 4 is 46.0 Å². The van der Waals surface area contributed by atoms with Gasteiger partial charge in [-0.3, -0.25) is 19.6 Å². The molecule has 0 bridgehead atoms. The summed E-state index contributed by atoms with van der Waals surface area (Å²) < 4.78 is 0. The minimum absolute atomic E-state index is 0.466. The highest BCUT2D eigenvalue weighted by atomic mass is 15.6. The quantitative estimate of drug-likeness (QED) is 0.294. The Bertz CT molecular complexity index is 1560. The second kappa shape index (κ2) is 9.86. The first-order valence-corrected chi connectivity index (χ1v) is 13.4. The van der Waals surface area contributed by atoms with E-state index in [1.807, 2.05) is 72.8 Å². The number of nitrogens with zero attached hydrogens (tertiary/aromatic N) is 12. The Morgan fingerprint density at radius 3 is 0.810 bits per heavy atom. The highest BCUT2D eigenvalue weighted by Gasteiger charge is 2.53. The van der Waals surface area contributed by atoms with E-state index in [0.717, 1.165) is 22.7 Å². The van der Waals surface area contributed by atoms with Crippen LogP contribution in [0.2, 0.25) is 0 Å². The lowest BCUT2D eigenvalue weighted by molar-refractivity contribution is 0.535. The van der Waals surface area contributed by atoms with Gasteiger partial charge in [0.1, 0.15) is 0 Å². The lowest BCUT2D eigenvalue weighted by Gasteiger charge is -2.42. The van der Waals surface area contributed by atoms with E-state index in [4.69, 9.17) is 0 Å². The van der Waals surface area contributed by atoms with Crippen molar-refractivity contribution in [3.05, 3.63) is 122 Å². The molecule has 0 aliphatic carbocycles. The summed E-state index contributed by atoms with van der Waals surface area (Å²) in [6, 6.07) is 31.8. The van der Waals surface area contributed by atoms with E-state index < -0.39 is 12.3 Å². The second-order valence-electron chi connectivity index (χ2n) is 9.61. The van der Waals surface area contributed by atoms with Crippen LogP contribution in [0, 0.1) is 0 Å². The van der Waals surface area contributed by atoms with Gasteiger partial charge in [0.15, 0.2) is 35.6 Å². The third kappa shape index (κ3) is 3.69. The van der Waals surface area contributed by atoms with Crippen LogP contribution in [-0.2, 0) is 0 Å². The third-order valence-corrected chi connectivity index (χ3v) is 7.35. The smallest absolute Gasteiger partial charge is 0.157 e. The zero-order chi connectivity index (χ0) is 27.9. The third-order valence-electron chi connectivity index (χ3n) is 7.35. The van der Waals surface area contributed by atoms with Crippen molar-refractivity contribution in [2.24, 2.45) is 0 Å². The topological polar surface area (TPSA) is 116 Å². The zero-order valence-electron chi connectivity index (χ0n) is 22.1. The summed E-state index contributed by atoms with van der Waals surface area (Å²) in [5.41, 5.74) is 3.79. The molecule has 202 valence electrons. The van der Waals surface area contributed by atoms with Crippen LogP contribution in [-0.4, -0.2) is 53.1 Å². The number of aromatic nitrogens is 8. The molecular weight excluding hydrogens is 528 g/mol. The first kappa shape index (κ1) is 23.8. The first-order valence-electron chi connectivity index (χ1n) is 13.4. The van der Waals surface area contributed by atoms with E-state index in [1.165, 1.54) is 0 Å². The summed E-state index contributed by atoms with van der Waals surface area (Å²) in [7, 11) is 0. The van der Waals surface area contributed by atoms with Crippen LogP contribution in [0.5, 0.6) is 0 Å². The Morgan fingerprint density at radius 1 is 0.333 bits per heavy atom. The number of hydrogen-bond acceptors (Lipinski definition) is 12. The highest BCUT2D eigenvalue weighted by molar-refractivity contribution is 5.92. The van der Waals surface area contributed by atoms with Gasteiger partial charge in [-0.2, -0.15) is 20.4 Å². The largest absolute Gasteiger partial charge is 0.297 e. The van der Waals surface area contributed by atoms with Gasteiger partial charge >= 0.3 is 0 Å². The predicted molar refractivity (Wildman–Crippen MR) is 157 cm³/mol. The van der Waals surface area contributed by atoms with Crippen molar-refractivity contribution < 1.29 is 0 Å². The number of rotatable bonds is 5. The molecule has 4 aromatic heterocycles. The van der Waals surface area contributed by atoms with Crippen LogP contribution >= 0.6 is 0 Å². The van der Waals surface area contributed by atoms with Crippen LogP contribution in [0.4, 0.5) is 46.0 Å². The van der Waals surface area contributed by atoms with Gasteiger partial charge in [0.25, 0.3) is 0 Å². The monoisotopic (exact) mass is 550 g/mol. The van der Waals surface area contributed by atoms with Gasteiger partial charge < -0.3 is 0 Å². The van der Waals surface area contributed by atoms with E-state index >= 15 is 0 Å². The number of benzene rings is 2. The van der Waals surface area contributed by atoms with E-state index in [9.17, 15) is 0 Å². The molecule has 0 atom stereocenters. The zero-order valence-corrected chi connectivity index (χ0v) is 22.1. The van der Waals surface area contributed by atoms with Crippen molar-refractivity contribution in [2.45, 2.75) is 12.3 Å². The Kier molecular flexibility index (Phi) is 5.59. The van der Waals surface area contributed by atoms with Crippen LogP contribution in [0.1, 0.15) is 0 Å². The molecule has 8 rings (SSSR count). The maximum Gasteiger partial charge on any atom is 0.157 e. The number of fused-ring (bicyclic) bond motifs is 2. The Hall–Kier alpha value is -6.04. The standard InChI is InChI=1S/C30H22N12/c1-2-10-22-21(9-1)39(25-13-5-17-31-35-25)29(40(22)26-14-6-18-32-36-26)30-41(27-15-7-19-33-37-27)23-11-3-4-12-24(23)42(30)28-16-8-20-34-38-28/h1-20,29-30H. The molecule has 2 aromatic carbocycles. The summed E-state index contributed by atoms with van der Waals surface area (Å²) >= 11 is 0. The van der Waals surface area contributed by atoms with Crippen LogP contribution in [0.3, 0.4) is 0 Å². The molecule has 0 spiro atoms. The fraction of sp³-hybridized carbons (Fsp3) is 0.0667.